The van der Waals surface area contributed by atoms with Crippen molar-refractivity contribution in [1.29, 1.82) is 0 Å². The Labute approximate surface area is 143 Å². The summed E-state index contributed by atoms with van der Waals surface area (Å²) in [5, 5.41) is 5.65. The van der Waals surface area contributed by atoms with Crippen molar-refractivity contribution in [3.63, 3.8) is 0 Å². The minimum absolute atomic E-state index is 0.0307. The van der Waals surface area contributed by atoms with Crippen molar-refractivity contribution in [2.75, 3.05) is 12.4 Å². The molecule has 1 aromatic rings. The van der Waals surface area contributed by atoms with E-state index in [4.69, 9.17) is 5.73 Å². The molecule has 0 heterocycles. The highest BCUT2D eigenvalue weighted by Gasteiger charge is 2.40. The molecule has 0 spiro atoms. The minimum Gasteiger partial charge on any atom is -0.355 e. The number of rotatable bonds is 3. The van der Waals surface area contributed by atoms with Crippen LogP contribution in [0.2, 0.25) is 0 Å². The predicted molar refractivity (Wildman–Crippen MR) is 94.7 cm³/mol. The maximum absolute atomic E-state index is 12.8. The monoisotopic (exact) mass is 329 g/mol. The van der Waals surface area contributed by atoms with Crippen LogP contribution in [-0.2, 0) is 4.79 Å². The minimum atomic E-state index is -0.149. The van der Waals surface area contributed by atoms with Crippen LogP contribution < -0.4 is 16.4 Å². The third kappa shape index (κ3) is 3.31. The quantitative estimate of drug-likeness (QED) is 0.796. The molecule has 5 nitrogen and oxygen atoms in total. The molecule has 130 valence electrons. The van der Waals surface area contributed by atoms with Crippen molar-refractivity contribution >= 4 is 17.5 Å². The Morgan fingerprint density at radius 1 is 1.17 bits per heavy atom. The molecule has 2 saturated carbocycles. The molecule has 0 saturated heterocycles. The third-order valence-corrected chi connectivity index (χ3v) is 5.77. The molecule has 0 aliphatic heterocycles. The highest BCUT2D eigenvalue weighted by Crippen LogP contribution is 2.42. The van der Waals surface area contributed by atoms with E-state index in [0.29, 0.717) is 17.4 Å². The van der Waals surface area contributed by atoms with E-state index in [1.165, 1.54) is 6.42 Å². The fourth-order valence-corrected chi connectivity index (χ4v) is 4.28. The largest absolute Gasteiger partial charge is 0.355 e. The Morgan fingerprint density at radius 3 is 2.46 bits per heavy atom. The van der Waals surface area contributed by atoms with Crippen LogP contribution in [0.1, 0.15) is 48.0 Å². The number of carbonyl (C=O) groups is 2. The summed E-state index contributed by atoms with van der Waals surface area (Å²) in [4.78, 5) is 24.6. The number of anilines is 1. The molecule has 2 fully saturated rings. The van der Waals surface area contributed by atoms with Gasteiger partial charge in [-0.05, 0) is 62.1 Å². The summed E-state index contributed by atoms with van der Waals surface area (Å²) in [6.07, 6.45) is 5.30. The maximum atomic E-state index is 12.8. The first-order valence-electron chi connectivity index (χ1n) is 8.88. The first-order chi connectivity index (χ1) is 11.5. The lowest BCUT2D eigenvalue weighted by Crippen LogP contribution is -2.48. The zero-order chi connectivity index (χ0) is 17.3. The van der Waals surface area contributed by atoms with Crippen molar-refractivity contribution in [2.24, 2.45) is 23.5 Å². The number of benzene rings is 1. The number of nitrogens with two attached hydrogens (primary N) is 1. The molecule has 24 heavy (non-hydrogen) atoms. The Hall–Kier alpha value is -1.88. The molecule has 0 radical (unpaired) electrons. The zero-order valence-corrected chi connectivity index (χ0v) is 14.5. The highest BCUT2D eigenvalue weighted by atomic mass is 16.2. The van der Waals surface area contributed by atoms with Gasteiger partial charge >= 0.3 is 0 Å². The summed E-state index contributed by atoms with van der Waals surface area (Å²) in [5.41, 5.74) is 8.56. The van der Waals surface area contributed by atoms with Crippen LogP contribution in [0.25, 0.3) is 0 Å². The normalized spacial score (nSPS) is 29.0. The van der Waals surface area contributed by atoms with E-state index in [1.807, 2.05) is 13.0 Å². The Balaban J connectivity index is 1.72. The van der Waals surface area contributed by atoms with E-state index in [2.05, 4.69) is 10.6 Å². The third-order valence-electron chi connectivity index (χ3n) is 5.77. The van der Waals surface area contributed by atoms with Gasteiger partial charge in [0.2, 0.25) is 5.91 Å². The van der Waals surface area contributed by atoms with Gasteiger partial charge in [0.15, 0.2) is 0 Å². The molecule has 2 aliphatic rings. The number of hydrogen-bond acceptors (Lipinski definition) is 3. The van der Waals surface area contributed by atoms with Crippen molar-refractivity contribution in [2.45, 2.75) is 45.1 Å². The van der Waals surface area contributed by atoms with Crippen LogP contribution in [0.15, 0.2) is 18.2 Å². The number of fused-ring (bicyclic) bond motifs is 2. The van der Waals surface area contributed by atoms with E-state index in [9.17, 15) is 9.59 Å². The fourth-order valence-electron chi connectivity index (χ4n) is 4.28. The molecule has 5 heteroatoms. The first-order valence-corrected chi connectivity index (χ1v) is 8.88. The molecule has 3 rings (SSSR count). The second-order valence-electron chi connectivity index (χ2n) is 7.29. The van der Waals surface area contributed by atoms with Gasteiger partial charge in [0.05, 0.1) is 0 Å². The van der Waals surface area contributed by atoms with Gasteiger partial charge in [0.25, 0.3) is 5.91 Å². The van der Waals surface area contributed by atoms with Gasteiger partial charge in [0, 0.05) is 30.3 Å². The number of amides is 2. The zero-order valence-electron chi connectivity index (χ0n) is 14.5. The van der Waals surface area contributed by atoms with E-state index in [0.717, 1.165) is 36.9 Å². The van der Waals surface area contributed by atoms with Gasteiger partial charge in [0.1, 0.15) is 0 Å². The number of nitrogens with one attached hydrogen (secondary N) is 2. The number of hydrogen-bond donors (Lipinski definition) is 3. The summed E-state index contributed by atoms with van der Waals surface area (Å²) < 4.78 is 0. The Bertz CT molecular complexity index is 629. The smallest absolute Gasteiger partial charge is 0.251 e. The van der Waals surface area contributed by atoms with E-state index in [-0.39, 0.29) is 23.8 Å². The predicted octanol–water partition coefficient (Wildman–Crippen LogP) is 2.45. The van der Waals surface area contributed by atoms with Crippen LogP contribution >= 0.6 is 0 Å². The van der Waals surface area contributed by atoms with Crippen molar-refractivity contribution in [3.05, 3.63) is 29.3 Å². The fraction of sp³-hybridized carbons (Fsp3) is 0.579. The van der Waals surface area contributed by atoms with E-state index in [1.54, 1.807) is 19.2 Å². The lowest BCUT2D eigenvalue weighted by molar-refractivity contribution is -0.122. The van der Waals surface area contributed by atoms with Gasteiger partial charge in [-0.25, -0.2) is 0 Å². The maximum Gasteiger partial charge on any atom is 0.251 e. The highest BCUT2D eigenvalue weighted by molar-refractivity contribution is 5.98. The Morgan fingerprint density at radius 2 is 1.83 bits per heavy atom. The van der Waals surface area contributed by atoms with Gasteiger partial charge in [-0.3, -0.25) is 9.59 Å². The number of carbonyl (C=O) groups excluding carboxylic acids is 2. The van der Waals surface area contributed by atoms with E-state index < -0.39 is 0 Å². The molecule has 2 bridgehead atoms. The molecule has 2 unspecified atom stereocenters. The van der Waals surface area contributed by atoms with Crippen LogP contribution in [-0.4, -0.2) is 24.9 Å². The van der Waals surface area contributed by atoms with Gasteiger partial charge in [-0.1, -0.05) is 12.5 Å². The molecule has 2 amide bonds. The second kappa shape index (κ2) is 6.93. The summed E-state index contributed by atoms with van der Waals surface area (Å²) in [6.45, 7) is 1.94. The molecule has 1 aromatic carbocycles. The molecular weight excluding hydrogens is 302 g/mol. The Kier molecular flexibility index (Phi) is 4.90. The summed E-state index contributed by atoms with van der Waals surface area (Å²) in [6, 6.07) is 5.65. The summed E-state index contributed by atoms with van der Waals surface area (Å²) in [7, 11) is 1.60. The van der Waals surface area contributed by atoms with Crippen molar-refractivity contribution in [3.8, 4) is 0 Å². The lowest BCUT2D eigenvalue weighted by Gasteiger charge is -2.43. The molecule has 2 aliphatic carbocycles. The van der Waals surface area contributed by atoms with Gasteiger partial charge < -0.3 is 16.4 Å². The molecular formula is C19H27N3O2. The number of aryl methyl sites for hydroxylation is 1. The standard InChI is InChI=1S/C19H27N3O2/c1-11-6-7-14(18(23)21-2)10-16(11)22-19(24)15-8-12-4-3-5-13(9-15)17(12)20/h6-7,10,12-13,15,17H,3-5,8-9,20H2,1-2H3,(H,21,23)(H,22,24). The van der Waals surface area contributed by atoms with Gasteiger partial charge in [-0.15, -0.1) is 0 Å². The second-order valence-corrected chi connectivity index (χ2v) is 7.29. The molecule has 0 aromatic heterocycles. The topological polar surface area (TPSA) is 84.2 Å². The van der Waals surface area contributed by atoms with Crippen LogP contribution in [0.3, 0.4) is 0 Å². The molecule has 2 atom stereocenters. The lowest BCUT2D eigenvalue weighted by atomic mass is 9.65. The average molecular weight is 329 g/mol. The molecule has 4 N–H and O–H groups in total. The van der Waals surface area contributed by atoms with Crippen LogP contribution in [0, 0.1) is 24.7 Å². The summed E-state index contributed by atoms with van der Waals surface area (Å²) >= 11 is 0. The SMILES string of the molecule is CNC(=O)c1ccc(C)c(NC(=O)C2CC3CCCC(C2)C3N)c1. The van der Waals surface area contributed by atoms with Crippen LogP contribution in [0.5, 0.6) is 0 Å². The average Bonchev–Trinajstić information content (AvgIpc) is 2.55. The van der Waals surface area contributed by atoms with Gasteiger partial charge in [-0.2, -0.15) is 0 Å². The first kappa shape index (κ1) is 17.0. The summed E-state index contributed by atoms with van der Waals surface area (Å²) in [5.74, 6) is 0.904. The van der Waals surface area contributed by atoms with Crippen molar-refractivity contribution in [1.82, 2.24) is 5.32 Å². The van der Waals surface area contributed by atoms with E-state index >= 15 is 0 Å². The van der Waals surface area contributed by atoms with Crippen molar-refractivity contribution < 1.29 is 9.59 Å². The van der Waals surface area contributed by atoms with Crippen LogP contribution in [0.4, 0.5) is 5.69 Å².